The van der Waals surface area contributed by atoms with Crippen LogP contribution in [0.3, 0.4) is 0 Å². The summed E-state index contributed by atoms with van der Waals surface area (Å²) in [6, 6.07) is 3.68. The van der Waals surface area contributed by atoms with E-state index in [1.807, 2.05) is 12.1 Å². The summed E-state index contributed by atoms with van der Waals surface area (Å²) in [6.07, 6.45) is 4.80. The first-order chi connectivity index (χ1) is 10.6. The number of H-pyrrole nitrogens is 1. The van der Waals surface area contributed by atoms with Gasteiger partial charge in [-0.25, -0.2) is 0 Å². The number of hydrogen-bond donors (Lipinski definition) is 1. The van der Waals surface area contributed by atoms with E-state index in [2.05, 4.69) is 11.9 Å². The Morgan fingerprint density at radius 2 is 2.41 bits per heavy atom. The number of hydrogen-bond acceptors (Lipinski definition) is 4. The van der Waals surface area contributed by atoms with E-state index in [1.54, 1.807) is 22.2 Å². The van der Waals surface area contributed by atoms with E-state index in [1.165, 1.54) is 10.4 Å². The average molecular weight is 332 g/mol. The highest BCUT2D eigenvalue weighted by molar-refractivity contribution is 7.71. The minimum atomic E-state index is 0.00204. The number of nitrogens with one attached hydrogen (secondary N) is 1. The van der Waals surface area contributed by atoms with Gasteiger partial charge >= 0.3 is 0 Å². The maximum absolute atomic E-state index is 12.9. The second kappa shape index (κ2) is 5.21. The summed E-state index contributed by atoms with van der Waals surface area (Å²) < 4.78 is 7.41. The normalized spacial score (nSPS) is 17.8. The van der Waals surface area contributed by atoms with Gasteiger partial charge in [0.1, 0.15) is 10.6 Å². The zero-order chi connectivity index (χ0) is 15.3. The van der Waals surface area contributed by atoms with Crippen molar-refractivity contribution in [3.8, 4) is 0 Å². The van der Waals surface area contributed by atoms with Gasteiger partial charge in [-0.1, -0.05) is 6.92 Å². The summed E-state index contributed by atoms with van der Waals surface area (Å²) in [5.41, 5.74) is 1.23. The number of nitrogens with zero attached hydrogens (tertiary/aromatic N) is 1. The van der Waals surface area contributed by atoms with Gasteiger partial charge in [0.05, 0.1) is 18.2 Å². The van der Waals surface area contributed by atoms with E-state index >= 15 is 0 Å². The van der Waals surface area contributed by atoms with Crippen LogP contribution in [0.2, 0.25) is 0 Å². The van der Waals surface area contributed by atoms with Crippen molar-refractivity contribution in [2.45, 2.75) is 32.7 Å². The number of aryl methyl sites for hydroxylation is 1. The molecule has 0 spiro atoms. The molecule has 0 fully saturated rings. The monoisotopic (exact) mass is 332 g/mol. The lowest BCUT2D eigenvalue weighted by Gasteiger charge is -2.17. The van der Waals surface area contributed by atoms with E-state index in [0.29, 0.717) is 17.2 Å². The molecule has 4 rings (SSSR count). The van der Waals surface area contributed by atoms with Crippen LogP contribution in [0.1, 0.15) is 29.5 Å². The summed E-state index contributed by atoms with van der Waals surface area (Å²) in [5.74, 6) is 1.42. The Labute approximate surface area is 136 Å². The standard InChI is InChI=1S/C16H16N2O2S2/c1-9-4-5-11-12(7-9)22-14-13(11)15(19)18(16(21)17-14)8-10-3-2-6-20-10/h2-3,6,9H,4-5,7-8H2,1H3,(H,17,21). The van der Waals surface area contributed by atoms with Crippen molar-refractivity contribution in [1.82, 2.24) is 9.55 Å². The molecule has 0 radical (unpaired) electrons. The molecule has 0 saturated carbocycles. The van der Waals surface area contributed by atoms with Gasteiger partial charge in [-0.15, -0.1) is 11.3 Å². The molecule has 1 unspecified atom stereocenters. The fourth-order valence-corrected chi connectivity index (χ4v) is 4.87. The summed E-state index contributed by atoms with van der Waals surface area (Å²) in [4.78, 5) is 18.4. The van der Waals surface area contributed by atoms with Crippen molar-refractivity contribution in [3.05, 3.63) is 49.7 Å². The molecule has 6 heteroatoms. The summed E-state index contributed by atoms with van der Waals surface area (Å²) in [5, 5.41) is 0.826. The van der Waals surface area contributed by atoms with Gasteiger partial charge < -0.3 is 9.40 Å². The lowest BCUT2D eigenvalue weighted by Crippen LogP contribution is -2.23. The maximum atomic E-state index is 12.9. The molecule has 1 atom stereocenters. The highest BCUT2D eigenvalue weighted by Crippen LogP contribution is 2.35. The smallest absolute Gasteiger partial charge is 0.263 e. The van der Waals surface area contributed by atoms with Crippen LogP contribution in [0.4, 0.5) is 0 Å². The van der Waals surface area contributed by atoms with Crippen LogP contribution in [0.25, 0.3) is 10.2 Å². The van der Waals surface area contributed by atoms with E-state index in [9.17, 15) is 4.79 Å². The van der Waals surface area contributed by atoms with E-state index < -0.39 is 0 Å². The first-order valence-electron chi connectivity index (χ1n) is 7.43. The topological polar surface area (TPSA) is 50.9 Å². The largest absolute Gasteiger partial charge is 0.467 e. The molecule has 3 aromatic rings. The van der Waals surface area contributed by atoms with Crippen molar-refractivity contribution in [2.24, 2.45) is 5.92 Å². The highest BCUT2D eigenvalue weighted by Gasteiger charge is 2.23. The quantitative estimate of drug-likeness (QED) is 0.724. The molecule has 0 saturated heterocycles. The van der Waals surface area contributed by atoms with Crippen LogP contribution in [-0.4, -0.2) is 9.55 Å². The van der Waals surface area contributed by atoms with Crippen LogP contribution in [0.5, 0.6) is 0 Å². The molecule has 1 aliphatic rings. The number of thiophene rings is 1. The number of fused-ring (bicyclic) bond motifs is 3. The van der Waals surface area contributed by atoms with Crippen LogP contribution in [0, 0.1) is 10.7 Å². The Hall–Kier alpha value is -1.66. The second-order valence-electron chi connectivity index (χ2n) is 5.96. The van der Waals surface area contributed by atoms with Gasteiger partial charge in [0, 0.05) is 4.88 Å². The van der Waals surface area contributed by atoms with Crippen LogP contribution >= 0.6 is 23.6 Å². The molecule has 1 N–H and O–H groups in total. The van der Waals surface area contributed by atoms with Crippen LogP contribution in [0.15, 0.2) is 27.6 Å². The molecule has 0 aliphatic heterocycles. The van der Waals surface area contributed by atoms with Gasteiger partial charge in [-0.2, -0.15) is 0 Å². The van der Waals surface area contributed by atoms with Gasteiger partial charge in [-0.05, 0) is 55.1 Å². The number of aromatic nitrogens is 2. The zero-order valence-corrected chi connectivity index (χ0v) is 13.9. The van der Waals surface area contributed by atoms with Gasteiger partial charge in [0.15, 0.2) is 4.77 Å². The van der Waals surface area contributed by atoms with Crippen molar-refractivity contribution in [2.75, 3.05) is 0 Å². The molecule has 3 aromatic heterocycles. The Morgan fingerprint density at radius 1 is 1.55 bits per heavy atom. The number of furan rings is 1. The third-order valence-corrected chi connectivity index (χ3v) is 5.82. The van der Waals surface area contributed by atoms with Crippen molar-refractivity contribution >= 4 is 33.8 Å². The molecule has 22 heavy (non-hydrogen) atoms. The predicted molar refractivity (Wildman–Crippen MR) is 90.3 cm³/mol. The Morgan fingerprint density at radius 3 is 3.18 bits per heavy atom. The Bertz CT molecular complexity index is 947. The molecular formula is C16H16N2O2S2. The molecule has 0 bridgehead atoms. The molecular weight excluding hydrogens is 316 g/mol. The lowest BCUT2D eigenvalue weighted by molar-refractivity contribution is 0.487. The fraction of sp³-hybridized carbons (Fsp3) is 0.375. The molecule has 114 valence electrons. The Balaban J connectivity index is 1.92. The van der Waals surface area contributed by atoms with Gasteiger partial charge in [0.25, 0.3) is 5.56 Å². The van der Waals surface area contributed by atoms with E-state index in [-0.39, 0.29) is 5.56 Å². The minimum Gasteiger partial charge on any atom is -0.467 e. The molecule has 4 nitrogen and oxygen atoms in total. The van der Waals surface area contributed by atoms with E-state index in [0.717, 1.165) is 35.2 Å². The fourth-order valence-electron chi connectivity index (χ4n) is 3.16. The van der Waals surface area contributed by atoms with Gasteiger partial charge in [0.2, 0.25) is 0 Å². The zero-order valence-electron chi connectivity index (χ0n) is 12.2. The molecule has 0 amide bonds. The van der Waals surface area contributed by atoms with Gasteiger partial charge in [-0.3, -0.25) is 9.36 Å². The number of aromatic amines is 1. The maximum Gasteiger partial charge on any atom is 0.263 e. The van der Waals surface area contributed by atoms with Crippen molar-refractivity contribution < 1.29 is 4.42 Å². The third kappa shape index (κ3) is 2.18. The summed E-state index contributed by atoms with van der Waals surface area (Å²) in [7, 11) is 0. The number of rotatable bonds is 2. The van der Waals surface area contributed by atoms with E-state index in [4.69, 9.17) is 16.6 Å². The molecule has 0 aromatic carbocycles. The SMILES string of the molecule is CC1CCc2c(sc3[nH]c(=S)n(Cc4ccco4)c(=O)c23)C1. The van der Waals surface area contributed by atoms with Crippen molar-refractivity contribution in [3.63, 3.8) is 0 Å². The molecule has 1 aliphatic carbocycles. The first-order valence-corrected chi connectivity index (χ1v) is 8.65. The highest BCUT2D eigenvalue weighted by atomic mass is 32.1. The average Bonchev–Trinajstić information content (AvgIpc) is 3.09. The lowest BCUT2D eigenvalue weighted by atomic mass is 9.89. The molecule has 3 heterocycles. The van der Waals surface area contributed by atoms with Crippen LogP contribution in [-0.2, 0) is 19.4 Å². The second-order valence-corrected chi connectivity index (χ2v) is 7.45. The predicted octanol–water partition coefficient (Wildman–Crippen LogP) is 3.89. The third-order valence-electron chi connectivity index (χ3n) is 4.33. The summed E-state index contributed by atoms with van der Waals surface area (Å²) in [6.45, 7) is 2.64. The summed E-state index contributed by atoms with van der Waals surface area (Å²) >= 11 is 7.07. The minimum absolute atomic E-state index is 0.00204. The van der Waals surface area contributed by atoms with Crippen molar-refractivity contribution in [1.29, 1.82) is 0 Å². The first kappa shape index (κ1) is 14.0. The Kier molecular flexibility index (Phi) is 3.31. The van der Waals surface area contributed by atoms with Crippen LogP contribution < -0.4 is 5.56 Å².